The Hall–Kier alpha value is -4.48. The van der Waals surface area contributed by atoms with E-state index in [1.165, 1.54) is 29.2 Å². The van der Waals surface area contributed by atoms with Gasteiger partial charge in [0, 0.05) is 24.9 Å². The van der Waals surface area contributed by atoms with Gasteiger partial charge in [0.25, 0.3) is 5.69 Å². The second-order valence-electron chi connectivity index (χ2n) is 5.87. The van der Waals surface area contributed by atoms with E-state index >= 15 is 0 Å². The minimum absolute atomic E-state index is 0.0498. The number of amides is 2. The Labute approximate surface area is 167 Å². The summed E-state index contributed by atoms with van der Waals surface area (Å²) in [5.74, 6) is -3.90. The van der Waals surface area contributed by atoms with Crippen LogP contribution in [0.1, 0.15) is 10.4 Å². The van der Waals surface area contributed by atoms with Crippen molar-refractivity contribution in [1.82, 2.24) is 0 Å². The molecule has 0 spiro atoms. The Morgan fingerprint density at radius 2 is 1.57 bits per heavy atom. The lowest BCUT2D eigenvalue weighted by Gasteiger charge is -2.16. The molecule has 30 heavy (non-hydrogen) atoms. The number of non-ortho nitro benzene ring substituents is 1. The van der Waals surface area contributed by atoms with Crippen molar-refractivity contribution in [3.63, 3.8) is 0 Å². The van der Waals surface area contributed by atoms with Gasteiger partial charge in [-0.15, -0.1) is 0 Å². The molecule has 2 aromatic carbocycles. The number of nitro groups is 1. The fourth-order valence-corrected chi connectivity index (χ4v) is 2.28. The van der Waals surface area contributed by atoms with Crippen LogP contribution in [0.4, 0.5) is 11.4 Å². The number of fused-ring (bicyclic) bond motifs is 1. The highest BCUT2D eigenvalue weighted by Gasteiger charge is 2.16. The van der Waals surface area contributed by atoms with Crippen LogP contribution in [0, 0.1) is 10.1 Å². The number of hydrogen-bond donors (Lipinski definition) is 2. The van der Waals surface area contributed by atoms with Crippen LogP contribution in [0.2, 0.25) is 0 Å². The van der Waals surface area contributed by atoms with Gasteiger partial charge >= 0.3 is 23.8 Å². The van der Waals surface area contributed by atoms with Gasteiger partial charge < -0.3 is 15.1 Å². The maximum Gasteiger partial charge on any atom is 0.338 e. The first-order valence-corrected chi connectivity index (χ1v) is 8.15. The molecule has 0 bridgehead atoms. The van der Waals surface area contributed by atoms with E-state index in [9.17, 15) is 29.3 Å². The molecule has 12 heteroatoms. The summed E-state index contributed by atoms with van der Waals surface area (Å²) in [4.78, 5) is 60.8. The van der Waals surface area contributed by atoms with Gasteiger partial charge in [-0.2, -0.15) is 0 Å². The zero-order valence-electron chi connectivity index (χ0n) is 15.4. The highest BCUT2D eigenvalue weighted by atomic mass is 16.6. The molecule has 3 rings (SSSR count). The van der Waals surface area contributed by atoms with Gasteiger partial charge in [-0.1, -0.05) is 0 Å². The maximum absolute atomic E-state index is 10.9. The van der Waals surface area contributed by atoms with Gasteiger partial charge in [-0.05, 0) is 30.3 Å². The third-order valence-electron chi connectivity index (χ3n) is 3.72. The molecule has 0 unspecified atom stereocenters. The van der Waals surface area contributed by atoms with Gasteiger partial charge in [-0.25, -0.2) is 14.8 Å². The van der Waals surface area contributed by atoms with Crippen LogP contribution in [0.25, 0.3) is 0 Å². The molecule has 154 valence electrons. The number of anilines is 1. The minimum Gasteiger partial charge on any atom is -0.480 e. The number of carboxylic acids is 2. The summed E-state index contributed by atoms with van der Waals surface area (Å²) in [5.41, 5.74) is 0.653. The van der Waals surface area contributed by atoms with Gasteiger partial charge in [-0.3, -0.25) is 24.5 Å². The molecule has 0 atom stereocenters. The second-order valence-corrected chi connectivity index (χ2v) is 5.87. The van der Waals surface area contributed by atoms with Crippen LogP contribution in [-0.4, -0.2) is 52.5 Å². The molecule has 0 fully saturated rings. The fraction of sp³-hybridized carbons (Fsp3) is 0.111. The first-order valence-electron chi connectivity index (χ1n) is 8.15. The van der Waals surface area contributed by atoms with Crippen molar-refractivity contribution >= 4 is 35.1 Å². The molecule has 2 N–H and O–H groups in total. The standard InChI is InChI=1S/C10H11NO4.C8H3N3O4/c1-11(6-9(12)13)8-4-2-7(3-5-8)10(14)15;12-7-8(13)10-6-3-4(11(14)15)1-2-5(6)9-7/h2-5H,6H2,1H3,(H,12,13)(H,14,15);1-3H. The number of likely N-dealkylation sites (N-methyl/N-ethyl adjacent to an activating group) is 1. The first kappa shape index (κ1) is 21.8. The SMILES string of the molecule is CN(CC(=O)O)c1ccc(C(=O)O)cc1.O=C1N=c2ccc([N+](=O)[O-])cc2=NC1=O. The van der Waals surface area contributed by atoms with Gasteiger partial charge in [0.1, 0.15) is 11.9 Å². The normalized spacial score (nSPS) is 11.8. The van der Waals surface area contributed by atoms with E-state index in [1.807, 2.05) is 0 Å². The van der Waals surface area contributed by atoms with Crippen molar-refractivity contribution in [3.05, 3.63) is 68.9 Å². The summed E-state index contributed by atoms with van der Waals surface area (Å²) in [7, 11) is 1.63. The lowest BCUT2D eigenvalue weighted by molar-refractivity contribution is -0.385. The topological polar surface area (TPSA) is 180 Å². The lowest BCUT2D eigenvalue weighted by Crippen LogP contribution is -2.34. The smallest absolute Gasteiger partial charge is 0.338 e. The number of nitro benzene ring substituents is 1. The van der Waals surface area contributed by atoms with E-state index in [2.05, 4.69) is 9.98 Å². The Bertz CT molecular complexity index is 1160. The molecule has 0 saturated heterocycles. The molecule has 2 amide bonds. The highest BCUT2D eigenvalue weighted by molar-refractivity contribution is 6.36. The van der Waals surface area contributed by atoms with Crippen LogP contribution in [-0.2, 0) is 14.4 Å². The molecule has 0 radical (unpaired) electrons. The highest BCUT2D eigenvalue weighted by Crippen LogP contribution is 2.13. The third-order valence-corrected chi connectivity index (χ3v) is 3.72. The molecule has 2 aromatic rings. The zero-order valence-corrected chi connectivity index (χ0v) is 15.4. The minimum atomic E-state index is -1.01. The Morgan fingerprint density at radius 1 is 1.00 bits per heavy atom. The van der Waals surface area contributed by atoms with E-state index in [0.29, 0.717) is 5.69 Å². The first-order chi connectivity index (χ1) is 14.1. The van der Waals surface area contributed by atoms with Crippen LogP contribution in [0.15, 0.2) is 52.4 Å². The zero-order chi connectivity index (χ0) is 22.4. The molecule has 12 nitrogen and oxygen atoms in total. The molecule has 0 aromatic heterocycles. The number of carbonyl (C=O) groups excluding carboxylic acids is 2. The van der Waals surface area contributed by atoms with Crippen LogP contribution in [0.3, 0.4) is 0 Å². The summed E-state index contributed by atoms with van der Waals surface area (Å²) in [6.07, 6.45) is 0. The summed E-state index contributed by atoms with van der Waals surface area (Å²) in [5, 5.41) is 27.8. The van der Waals surface area contributed by atoms with Crippen molar-refractivity contribution in [3.8, 4) is 0 Å². The number of rotatable bonds is 5. The van der Waals surface area contributed by atoms with Crippen molar-refractivity contribution in [2.24, 2.45) is 9.98 Å². The molecule has 0 aliphatic carbocycles. The number of hydrogen-bond acceptors (Lipinski definition) is 7. The van der Waals surface area contributed by atoms with E-state index in [1.54, 1.807) is 19.2 Å². The summed E-state index contributed by atoms with van der Waals surface area (Å²) in [6.45, 7) is -0.119. The van der Waals surface area contributed by atoms with Crippen LogP contribution >= 0.6 is 0 Å². The summed E-state index contributed by atoms with van der Waals surface area (Å²) < 4.78 is 0. The van der Waals surface area contributed by atoms with Crippen molar-refractivity contribution in [2.45, 2.75) is 0 Å². The third kappa shape index (κ3) is 5.51. The molecule has 1 aliphatic heterocycles. The van der Waals surface area contributed by atoms with Gasteiger partial charge in [0.15, 0.2) is 0 Å². The van der Waals surface area contributed by atoms with Crippen LogP contribution in [0.5, 0.6) is 0 Å². The largest absolute Gasteiger partial charge is 0.480 e. The summed E-state index contributed by atoms with van der Waals surface area (Å²) in [6, 6.07) is 9.61. The lowest BCUT2D eigenvalue weighted by atomic mass is 10.2. The number of aromatic carboxylic acids is 1. The van der Waals surface area contributed by atoms with Gasteiger partial charge in [0.05, 0.1) is 15.8 Å². The number of aliphatic carboxylic acids is 1. The van der Waals surface area contributed by atoms with E-state index < -0.39 is 28.7 Å². The predicted molar refractivity (Wildman–Crippen MR) is 99.7 cm³/mol. The Kier molecular flexibility index (Phi) is 6.65. The molecule has 1 heterocycles. The van der Waals surface area contributed by atoms with Crippen LogP contribution < -0.4 is 15.6 Å². The molecular weight excluding hydrogens is 400 g/mol. The van der Waals surface area contributed by atoms with Crippen molar-refractivity contribution < 1.29 is 34.3 Å². The summed E-state index contributed by atoms with van der Waals surface area (Å²) >= 11 is 0. The monoisotopic (exact) mass is 414 g/mol. The predicted octanol–water partition coefficient (Wildman–Crippen LogP) is -0.194. The second kappa shape index (κ2) is 9.14. The van der Waals surface area contributed by atoms with Crippen molar-refractivity contribution in [2.75, 3.05) is 18.5 Å². The maximum atomic E-state index is 10.9. The Balaban J connectivity index is 0.000000214. The molecule has 0 saturated carbocycles. The number of carboxylic acid groups (broad SMARTS) is 2. The number of carbonyl (C=O) groups is 4. The average Bonchev–Trinajstić information content (AvgIpc) is 2.68. The number of benzene rings is 2. The molecular formula is C18H14N4O8. The fourth-order valence-electron chi connectivity index (χ4n) is 2.28. The van der Waals surface area contributed by atoms with E-state index in [0.717, 1.165) is 6.07 Å². The Morgan fingerprint density at radius 3 is 2.07 bits per heavy atom. The van der Waals surface area contributed by atoms with Crippen molar-refractivity contribution in [1.29, 1.82) is 0 Å². The quantitative estimate of drug-likeness (QED) is 0.381. The molecule has 1 aliphatic rings. The average molecular weight is 414 g/mol. The van der Waals surface area contributed by atoms with E-state index in [-0.39, 0.29) is 28.5 Å². The van der Waals surface area contributed by atoms with E-state index in [4.69, 9.17) is 10.2 Å². The van der Waals surface area contributed by atoms with Gasteiger partial charge in [0.2, 0.25) is 0 Å². The number of nitrogens with zero attached hydrogens (tertiary/aromatic N) is 4.